The van der Waals surface area contributed by atoms with Crippen molar-refractivity contribution in [3.05, 3.63) is 47.0 Å². The van der Waals surface area contributed by atoms with Crippen LogP contribution in [0.2, 0.25) is 0 Å². The van der Waals surface area contributed by atoms with Crippen molar-refractivity contribution in [1.82, 2.24) is 0 Å². The Bertz CT molecular complexity index is 765. The highest BCUT2D eigenvalue weighted by molar-refractivity contribution is 5.78. The van der Waals surface area contributed by atoms with Gasteiger partial charge in [-0.25, -0.2) is 0 Å². The SMILES string of the molecule is CCCCCOc1c(OC)cc(C=O)cc1Oc1ccc(C(C)C)c(C)c1. The van der Waals surface area contributed by atoms with Gasteiger partial charge in [0.05, 0.1) is 13.7 Å². The summed E-state index contributed by atoms with van der Waals surface area (Å²) in [6.45, 7) is 9.14. The van der Waals surface area contributed by atoms with Gasteiger partial charge in [-0.15, -0.1) is 0 Å². The van der Waals surface area contributed by atoms with E-state index in [0.717, 1.165) is 25.5 Å². The van der Waals surface area contributed by atoms with Crippen molar-refractivity contribution >= 4 is 6.29 Å². The van der Waals surface area contributed by atoms with E-state index in [1.165, 1.54) is 11.1 Å². The van der Waals surface area contributed by atoms with E-state index in [1.54, 1.807) is 19.2 Å². The molecule has 0 aromatic heterocycles. The molecule has 0 unspecified atom stereocenters. The third kappa shape index (κ3) is 5.49. The monoisotopic (exact) mass is 370 g/mol. The lowest BCUT2D eigenvalue weighted by Gasteiger charge is -2.17. The van der Waals surface area contributed by atoms with E-state index in [0.29, 0.717) is 41.1 Å². The molecular weight excluding hydrogens is 340 g/mol. The summed E-state index contributed by atoms with van der Waals surface area (Å²) in [5, 5.41) is 0. The lowest BCUT2D eigenvalue weighted by molar-refractivity contribution is 0.112. The summed E-state index contributed by atoms with van der Waals surface area (Å²) < 4.78 is 17.5. The van der Waals surface area contributed by atoms with Gasteiger partial charge in [0.2, 0.25) is 5.75 Å². The maximum absolute atomic E-state index is 11.3. The predicted molar refractivity (Wildman–Crippen MR) is 109 cm³/mol. The first-order chi connectivity index (χ1) is 13.0. The number of hydrogen-bond donors (Lipinski definition) is 0. The topological polar surface area (TPSA) is 44.8 Å². The van der Waals surface area contributed by atoms with Crippen molar-refractivity contribution in [2.75, 3.05) is 13.7 Å². The van der Waals surface area contributed by atoms with Gasteiger partial charge < -0.3 is 14.2 Å². The summed E-state index contributed by atoms with van der Waals surface area (Å²) in [5.41, 5.74) is 2.95. The van der Waals surface area contributed by atoms with Crippen LogP contribution in [0.5, 0.6) is 23.0 Å². The van der Waals surface area contributed by atoms with Crippen LogP contribution in [0, 0.1) is 6.92 Å². The lowest BCUT2D eigenvalue weighted by Crippen LogP contribution is -2.02. The molecule has 0 N–H and O–H groups in total. The summed E-state index contributed by atoms with van der Waals surface area (Å²) in [7, 11) is 1.56. The predicted octanol–water partition coefficient (Wildman–Crippen LogP) is 6.30. The van der Waals surface area contributed by atoms with Crippen LogP contribution in [0.25, 0.3) is 0 Å². The summed E-state index contributed by atoms with van der Waals surface area (Å²) in [4.78, 5) is 11.3. The molecule has 0 aliphatic rings. The Labute approximate surface area is 162 Å². The smallest absolute Gasteiger partial charge is 0.204 e. The van der Waals surface area contributed by atoms with Gasteiger partial charge in [0.1, 0.15) is 12.0 Å². The molecule has 146 valence electrons. The van der Waals surface area contributed by atoms with Crippen LogP contribution in [-0.4, -0.2) is 20.0 Å². The van der Waals surface area contributed by atoms with E-state index in [-0.39, 0.29) is 0 Å². The average Bonchev–Trinajstić information content (AvgIpc) is 2.65. The molecule has 0 amide bonds. The van der Waals surface area contributed by atoms with Crippen molar-refractivity contribution in [3.63, 3.8) is 0 Å². The van der Waals surface area contributed by atoms with Crippen molar-refractivity contribution < 1.29 is 19.0 Å². The van der Waals surface area contributed by atoms with Crippen LogP contribution >= 0.6 is 0 Å². The Morgan fingerprint density at radius 1 is 1.07 bits per heavy atom. The fraction of sp³-hybridized carbons (Fsp3) is 0.435. The molecule has 0 radical (unpaired) electrons. The molecule has 0 aliphatic heterocycles. The number of aryl methyl sites for hydroxylation is 1. The molecule has 0 fully saturated rings. The first kappa shape index (κ1) is 20.8. The maximum atomic E-state index is 11.3. The summed E-state index contributed by atoms with van der Waals surface area (Å²) in [6, 6.07) is 9.40. The van der Waals surface area contributed by atoms with Crippen LogP contribution in [0.15, 0.2) is 30.3 Å². The van der Waals surface area contributed by atoms with Crippen molar-refractivity contribution in [3.8, 4) is 23.0 Å². The number of carbonyl (C=O) groups excluding carboxylic acids is 1. The number of hydrogen-bond acceptors (Lipinski definition) is 4. The van der Waals surface area contributed by atoms with Gasteiger partial charge in [0.15, 0.2) is 11.5 Å². The zero-order valence-corrected chi connectivity index (χ0v) is 17.0. The highest BCUT2D eigenvalue weighted by Crippen LogP contribution is 2.41. The standard InChI is InChI=1S/C23H30O4/c1-6-7-8-11-26-23-21(25-5)13-18(15-24)14-22(23)27-19-9-10-20(16(2)3)17(4)12-19/h9-10,12-16H,6-8,11H2,1-5H3. The first-order valence-electron chi connectivity index (χ1n) is 9.58. The van der Waals surface area contributed by atoms with E-state index in [1.807, 2.05) is 12.1 Å². The van der Waals surface area contributed by atoms with Gasteiger partial charge in [0.25, 0.3) is 0 Å². The third-order valence-electron chi connectivity index (χ3n) is 4.48. The molecule has 0 saturated carbocycles. The highest BCUT2D eigenvalue weighted by Gasteiger charge is 2.16. The molecule has 2 aromatic rings. The van der Waals surface area contributed by atoms with Gasteiger partial charge in [-0.1, -0.05) is 39.7 Å². The number of unbranched alkanes of at least 4 members (excludes halogenated alkanes) is 2. The molecule has 0 heterocycles. The second-order valence-corrected chi connectivity index (χ2v) is 7.00. The van der Waals surface area contributed by atoms with Crippen molar-refractivity contribution in [2.24, 2.45) is 0 Å². The largest absolute Gasteiger partial charge is 0.493 e. The molecule has 2 aromatic carbocycles. The fourth-order valence-electron chi connectivity index (χ4n) is 3.05. The lowest BCUT2D eigenvalue weighted by atomic mass is 9.98. The summed E-state index contributed by atoms with van der Waals surface area (Å²) in [6.07, 6.45) is 3.95. The minimum atomic E-state index is 0.454. The van der Waals surface area contributed by atoms with Gasteiger partial charge in [-0.2, -0.15) is 0 Å². The van der Waals surface area contributed by atoms with Gasteiger partial charge >= 0.3 is 0 Å². The fourth-order valence-corrected chi connectivity index (χ4v) is 3.05. The maximum Gasteiger partial charge on any atom is 0.204 e. The Hall–Kier alpha value is -2.49. The van der Waals surface area contributed by atoms with Crippen molar-refractivity contribution in [1.29, 1.82) is 0 Å². The van der Waals surface area contributed by atoms with E-state index in [2.05, 4.69) is 33.8 Å². The zero-order chi connectivity index (χ0) is 19.8. The number of rotatable bonds is 10. The highest BCUT2D eigenvalue weighted by atomic mass is 16.5. The zero-order valence-electron chi connectivity index (χ0n) is 17.0. The van der Waals surface area contributed by atoms with Crippen molar-refractivity contribution in [2.45, 2.75) is 52.9 Å². The van der Waals surface area contributed by atoms with Crippen LogP contribution in [0.3, 0.4) is 0 Å². The van der Waals surface area contributed by atoms with Gasteiger partial charge in [0, 0.05) is 5.56 Å². The van der Waals surface area contributed by atoms with E-state index < -0.39 is 0 Å². The van der Waals surface area contributed by atoms with Gasteiger partial charge in [-0.05, 0) is 54.7 Å². The Morgan fingerprint density at radius 2 is 1.81 bits per heavy atom. The quantitative estimate of drug-likeness (QED) is 0.363. The minimum absolute atomic E-state index is 0.454. The van der Waals surface area contributed by atoms with Crippen LogP contribution < -0.4 is 14.2 Å². The normalized spacial score (nSPS) is 10.7. The number of carbonyl (C=O) groups is 1. The molecule has 0 atom stereocenters. The van der Waals surface area contributed by atoms with E-state index in [9.17, 15) is 4.79 Å². The molecule has 0 bridgehead atoms. The molecule has 0 saturated heterocycles. The third-order valence-corrected chi connectivity index (χ3v) is 4.48. The minimum Gasteiger partial charge on any atom is -0.493 e. The number of ether oxygens (including phenoxy) is 3. The van der Waals surface area contributed by atoms with Crippen LogP contribution in [-0.2, 0) is 0 Å². The Kier molecular flexibility index (Phi) is 7.71. The summed E-state index contributed by atoms with van der Waals surface area (Å²) in [5.74, 6) is 2.69. The molecule has 27 heavy (non-hydrogen) atoms. The second kappa shape index (κ2) is 10.0. The van der Waals surface area contributed by atoms with E-state index in [4.69, 9.17) is 14.2 Å². The molecule has 4 heteroatoms. The molecule has 4 nitrogen and oxygen atoms in total. The second-order valence-electron chi connectivity index (χ2n) is 7.00. The Morgan fingerprint density at radius 3 is 2.41 bits per heavy atom. The molecular formula is C23H30O4. The van der Waals surface area contributed by atoms with E-state index >= 15 is 0 Å². The molecule has 2 rings (SSSR count). The molecule has 0 spiro atoms. The Balaban J connectivity index is 2.35. The van der Waals surface area contributed by atoms with Gasteiger partial charge in [-0.3, -0.25) is 4.79 Å². The number of methoxy groups -OCH3 is 1. The average molecular weight is 370 g/mol. The first-order valence-corrected chi connectivity index (χ1v) is 9.58. The molecule has 0 aliphatic carbocycles. The number of aldehydes is 1. The van der Waals surface area contributed by atoms with Crippen LogP contribution in [0.1, 0.15) is 67.4 Å². The number of benzene rings is 2. The summed E-state index contributed by atoms with van der Waals surface area (Å²) >= 11 is 0. The van der Waals surface area contributed by atoms with Crippen LogP contribution in [0.4, 0.5) is 0 Å².